The average Bonchev–Trinajstić information content (AvgIpc) is 2.60. The van der Waals surface area contributed by atoms with Gasteiger partial charge in [-0.05, 0) is 43.2 Å². The van der Waals surface area contributed by atoms with Crippen LogP contribution in [0.15, 0.2) is 42.5 Å². The molecule has 24 heavy (non-hydrogen) atoms. The normalized spacial score (nSPS) is 10.1. The summed E-state index contributed by atoms with van der Waals surface area (Å²) in [7, 11) is 1.48. The Morgan fingerprint density at radius 2 is 1.71 bits per heavy atom. The monoisotopic (exact) mass is 328 g/mol. The number of aryl methyl sites for hydroxylation is 2. The topological polar surface area (TPSA) is 61.8 Å². The van der Waals surface area contributed by atoms with Gasteiger partial charge in [0.1, 0.15) is 11.5 Å². The van der Waals surface area contributed by atoms with Gasteiger partial charge in [-0.1, -0.05) is 24.3 Å². The lowest BCUT2D eigenvalue weighted by Gasteiger charge is -2.10. The summed E-state index contributed by atoms with van der Waals surface area (Å²) in [6, 6.07) is 12.5. The molecule has 0 aromatic heterocycles. The van der Waals surface area contributed by atoms with Gasteiger partial charge in [-0.3, -0.25) is 4.79 Å². The van der Waals surface area contributed by atoms with Gasteiger partial charge in [0.05, 0.1) is 12.7 Å². The fourth-order valence-corrected chi connectivity index (χ4v) is 2.14. The molecule has 0 aliphatic heterocycles. The van der Waals surface area contributed by atoms with Gasteiger partial charge < -0.3 is 14.2 Å². The van der Waals surface area contributed by atoms with Crippen molar-refractivity contribution in [1.29, 1.82) is 0 Å². The number of carbonyl (C=O) groups is 2. The van der Waals surface area contributed by atoms with E-state index in [9.17, 15) is 9.59 Å². The van der Waals surface area contributed by atoms with Gasteiger partial charge in [-0.2, -0.15) is 0 Å². The minimum absolute atomic E-state index is 0.247. The summed E-state index contributed by atoms with van der Waals surface area (Å²) in [6.07, 6.45) is 0. The van der Waals surface area contributed by atoms with Gasteiger partial charge in [-0.25, -0.2) is 4.79 Å². The first-order valence-corrected chi connectivity index (χ1v) is 7.53. The Morgan fingerprint density at radius 3 is 2.46 bits per heavy atom. The molecule has 5 nitrogen and oxygen atoms in total. The van der Waals surface area contributed by atoms with E-state index in [1.807, 2.05) is 32.0 Å². The van der Waals surface area contributed by atoms with Crippen LogP contribution < -0.4 is 9.47 Å². The van der Waals surface area contributed by atoms with E-state index < -0.39 is 5.97 Å². The summed E-state index contributed by atoms with van der Waals surface area (Å²) >= 11 is 0. The molecular weight excluding hydrogens is 308 g/mol. The molecule has 2 rings (SSSR count). The van der Waals surface area contributed by atoms with Crippen molar-refractivity contribution in [1.82, 2.24) is 0 Å². The number of hydrogen-bond acceptors (Lipinski definition) is 5. The minimum Gasteiger partial charge on any atom is -0.496 e. The minimum atomic E-state index is -0.598. The molecule has 126 valence electrons. The fourth-order valence-electron chi connectivity index (χ4n) is 2.14. The second-order valence-electron chi connectivity index (χ2n) is 5.34. The SMILES string of the molecule is COc1ccccc1C(=O)COC(=O)COc1cc(C)ccc1C. The molecule has 0 saturated carbocycles. The number of Topliss-reactive ketones (excluding diaryl/α,β-unsaturated/α-hetero) is 1. The molecule has 0 amide bonds. The maximum absolute atomic E-state index is 12.1. The van der Waals surface area contributed by atoms with Crippen molar-refractivity contribution in [3.05, 3.63) is 59.2 Å². The van der Waals surface area contributed by atoms with Crippen LogP contribution in [0.25, 0.3) is 0 Å². The lowest BCUT2D eigenvalue weighted by atomic mass is 10.1. The van der Waals surface area contributed by atoms with Crippen molar-refractivity contribution in [2.24, 2.45) is 0 Å². The van der Waals surface area contributed by atoms with Crippen LogP contribution in [0.4, 0.5) is 0 Å². The van der Waals surface area contributed by atoms with E-state index in [0.717, 1.165) is 11.1 Å². The first kappa shape index (κ1) is 17.5. The summed E-state index contributed by atoms with van der Waals surface area (Å²) in [5.74, 6) is 0.153. The number of hydrogen-bond donors (Lipinski definition) is 0. The van der Waals surface area contributed by atoms with Gasteiger partial charge in [0.25, 0.3) is 0 Å². The second-order valence-corrected chi connectivity index (χ2v) is 5.34. The molecule has 0 heterocycles. The zero-order valence-corrected chi connectivity index (χ0v) is 14.0. The summed E-state index contributed by atoms with van der Waals surface area (Å²) < 4.78 is 15.5. The molecule has 2 aromatic rings. The summed E-state index contributed by atoms with van der Waals surface area (Å²) in [4.78, 5) is 23.9. The van der Waals surface area contributed by atoms with Crippen LogP contribution >= 0.6 is 0 Å². The number of methoxy groups -OCH3 is 1. The van der Waals surface area contributed by atoms with Crippen LogP contribution in [0.5, 0.6) is 11.5 Å². The quantitative estimate of drug-likeness (QED) is 0.577. The number of ether oxygens (including phenoxy) is 3. The van der Waals surface area contributed by atoms with Crippen molar-refractivity contribution >= 4 is 11.8 Å². The Bertz CT molecular complexity index is 736. The van der Waals surface area contributed by atoms with Crippen LogP contribution in [0.3, 0.4) is 0 Å². The largest absolute Gasteiger partial charge is 0.496 e. The molecule has 0 aliphatic carbocycles. The van der Waals surface area contributed by atoms with E-state index in [-0.39, 0.29) is 19.0 Å². The van der Waals surface area contributed by atoms with Crippen molar-refractivity contribution in [2.75, 3.05) is 20.3 Å². The van der Waals surface area contributed by atoms with E-state index in [0.29, 0.717) is 17.1 Å². The van der Waals surface area contributed by atoms with Crippen molar-refractivity contribution < 1.29 is 23.8 Å². The zero-order chi connectivity index (χ0) is 17.5. The van der Waals surface area contributed by atoms with Gasteiger partial charge in [-0.15, -0.1) is 0 Å². The average molecular weight is 328 g/mol. The lowest BCUT2D eigenvalue weighted by Crippen LogP contribution is -2.20. The summed E-state index contributed by atoms with van der Waals surface area (Å²) in [5.41, 5.74) is 2.34. The van der Waals surface area contributed by atoms with Crippen LogP contribution in [0.1, 0.15) is 21.5 Å². The number of para-hydroxylation sites is 1. The Balaban J connectivity index is 1.87. The van der Waals surface area contributed by atoms with E-state index in [1.165, 1.54) is 7.11 Å². The lowest BCUT2D eigenvalue weighted by molar-refractivity contribution is -0.144. The Morgan fingerprint density at radius 1 is 0.958 bits per heavy atom. The molecule has 0 unspecified atom stereocenters. The van der Waals surface area contributed by atoms with Gasteiger partial charge in [0, 0.05) is 0 Å². The highest BCUT2D eigenvalue weighted by Crippen LogP contribution is 2.19. The molecule has 0 aliphatic rings. The van der Waals surface area contributed by atoms with Gasteiger partial charge in [0.2, 0.25) is 5.78 Å². The highest BCUT2D eigenvalue weighted by Gasteiger charge is 2.14. The van der Waals surface area contributed by atoms with Gasteiger partial charge in [0.15, 0.2) is 13.2 Å². The second kappa shape index (κ2) is 8.15. The third-order valence-electron chi connectivity index (χ3n) is 3.46. The van der Waals surface area contributed by atoms with Crippen LogP contribution in [0, 0.1) is 13.8 Å². The summed E-state index contributed by atoms with van der Waals surface area (Å²) in [5, 5.41) is 0. The van der Waals surface area contributed by atoms with E-state index >= 15 is 0 Å². The molecule has 0 bridgehead atoms. The zero-order valence-electron chi connectivity index (χ0n) is 14.0. The molecule has 0 fully saturated rings. The maximum atomic E-state index is 12.1. The molecule has 2 aromatic carbocycles. The third kappa shape index (κ3) is 4.59. The predicted octanol–water partition coefficient (Wildman–Crippen LogP) is 3.12. The molecule has 0 N–H and O–H groups in total. The first-order valence-electron chi connectivity index (χ1n) is 7.53. The maximum Gasteiger partial charge on any atom is 0.344 e. The predicted molar refractivity (Wildman–Crippen MR) is 89.7 cm³/mol. The smallest absolute Gasteiger partial charge is 0.344 e. The molecule has 0 radical (unpaired) electrons. The van der Waals surface area contributed by atoms with Crippen molar-refractivity contribution in [2.45, 2.75) is 13.8 Å². The number of rotatable bonds is 7. The van der Waals surface area contributed by atoms with E-state index in [2.05, 4.69) is 0 Å². The van der Waals surface area contributed by atoms with Crippen molar-refractivity contribution in [3.8, 4) is 11.5 Å². The van der Waals surface area contributed by atoms with E-state index in [4.69, 9.17) is 14.2 Å². The molecule has 0 saturated heterocycles. The van der Waals surface area contributed by atoms with E-state index in [1.54, 1.807) is 24.3 Å². The molecule has 0 spiro atoms. The highest BCUT2D eigenvalue weighted by atomic mass is 16.6. The van der Waals surface area contributed by atoms with Crippen molar-refractivity contribution in [3.63, 3.8) is 0 Å². The number of benzene rings is 2. The van der Waals surface area contributed by atoms with Crippen LogP contribution in [-0.4, -0.2) is 32.1 Å². The standard InChI is InChI=1S/C19H20O5/c1-13-8-9-14(2)18(10-13)23-12-19(21)24-11-16(20)15-6-4-5-7-17(15)22-3/h4-10H,11-12H2,1-3H3. The fraction of sp³-hybridized carbons (Fsp3) is 0.263. The molecule has 0 atom stereocenters. The Kier molecular flexibility index (Phi) is 5.95. The first-order chi connectivity index (χ1) is 11.5. The molecular formula is C19H20O5. The van der Waals surface area contributed by atoms with Gasteiger partial charge >= 0.3 is 5.97 Å². The van der Waals surface area contributed by atoms with Crippen LogP contribution in [-0.2, 0) is 9.53 Å². The number of esters is 1. The Labute approximate surface area is 141 Å². The molecule has 5 heteroatoms. The number of ketones is 1. The van der Waals surface area contributed by atoms with Crippen LogP contribution in [0.2, 0.25) is 0 Å². The number of carbonyl (C=O) groups excluding carboxylic acids is 2. The third-order valence-corrected chi connectivity index (χ3v) is 3.46. The summed E-state index contributed by atoms with van der Waals surface area (Å²) in [6.45, 7) is 3.24. The Hall–Kier alpha value is -2.82. The highest BCUT2D eigenvalue weighted by molar-refractivity contribution is 6.00.